The van der Waals surface area contributed by atoms with Crippen LogP contribution in [0.25, 0.3) is 21.7 Å². The molecule has 0 saturated heterocycles. The number of aliphatic hydroxyl groups excluding tert-OH is 1. The number of carbonyl (C=O) groups excluding carboxylic acids is 2. The zero-order chi connectivity index (χ0) is 29.5. The lowest BCUT2D eigenvalue weighted by atomic mass is 9.95. The van der Waals surface area contributed by atoms with Crippen molar-refractivity contribution in [1.29, 1.82) is 0 Å². The normalized spacial score (nSPS) is 15.1. The number of Topliss-reactive ketones (excluding diaryl/α,β-unsaturated/α-hetero) is 1. The van der Waals surface area contributed by atoms with E-state index in [1.807, 2.05) is 36.4 Å². The van der Waals surface area contributed by atoms with Crippen LogP contribution in [0.15, 0.2) is 117 Å². The minimum absolute atomic E-state index is 0.0273. The molecule has 1 aliphatic rings. The maximum absolute atomic E-state index is 13.9. The fourth-order valence-electron chi connectivity index (χ4n) is 5.28. The van der Waals surface area contributed by atoms with E-state index in [1.165, 1.54) is 33.4 Å². The predicted molar refractivity (Wildman–Crippen MR) is 167 cm³/mol. The second kappa shape index (κ2) is 11.0. The number of para-hydroxylation sites is 1. The van der Waals surface area contributed by atoms with E-state index in [4.69, 9.17) is 9.15 Å². The number of carbonyl (C=O) groups is 2. The third-order valence-electron chi connectivity index (χ3n) is 7.37. The number of ether oxygens (including phenoxy) is 1. The van der Waals surface area contributed by atoms with Crippen molar-refractivity contribution in [2.45, 2.75) is 16.1 Å². The van der Waals surface area contributed by atoms with E-state index in [2.05, 4.69) is 34.5 Å². The van der Waals surface area contributed by atoms with Crippen molar-refractivity contribution >= 4 is 61.7 Å². The first-order valence-electron chi connectivity index (χ1n) is 13.4. The number of fused-ring (bicyclic) bond motifs is 2. The molecule has 0 spiro atoms. The number of furan rings is 1. The molecule has 0 aliphatic carbocycles. The summed E-state index contributed by atoms with van der Waals surface area (Å²) in [6, 6.07) is 29.3. The summed E-state index contributed by atoms with van der Waals surface area (Å²) in [6.07, 6.45) is 0. The Morgan fingerprint density at radius 3 is 2.51 bits per heavy atom. The molecular formula is C33H23N3O5S2. The van der Waals surface area contributed by atoms with Crippen molar-refractivity contribution in [2.75, 3.05) is 12.0 Å². The predicted octanol–water partition coefficient (Wildman–Crippen LogP) is 7.52. The molecule has 0 bridgehead atoms. The molecule has 1 aliphatic heterocycles. The summed E-state index contributed by atoms with van der Waals surface area (Å²) in [5, 5.41) is 23.1. The quantitative estimate of drug-likeness (QED) is 0.108. The smallest absolute Gasteiger partial charge is 0.296 e. The van der Waals surface area contributed by atoms with Gasteiger partial charge in [-0.3, -0.25) is 14.5 Å². The second-order valence-corrected chi connectivity index (χ2v) is 12.0. The topological polar surface area (TPSA) is 106 Å². The van der Waals surface area contributed by atoms with Gasteiger partial charge in [0.2, 0.25) is 10.9 Å². The number of rotatable bonds is 8. The van der Waals surface area contributed by atoms with Gasteiger partial charge in [0.05, 0.1) is 18.7 Å². The Bertz CT molecular complexity index is 2010. The van der Waals surface area contributed by atoms with E-state index in [0.29, 0.717) is 27.0 Å². The number of hydrogen-bond acceptors (Lipinski definition) is 9. The molecule has 2 aromatic heterocycles. The summed E-state index contributed by atoms with van der Waals surface area (Å²) >= 11 is 2.74. The van der Waals surface area contributed by atoms with Crippen LogP contribution in [0.5, 0.6) is 5.75 Å². The summed E-state index contributed by atoms with van der Waals surface area (Å²) < 4.78 is 11.8. The number of anilines is 1. The molecule has 212 valence electrons. The molecule has 7 rings (SSSR count). The minimum Gasteiger partial charge on any atom is -0.503 e. The molecule has 10 heteroatoms. The molecule has 3 heterocycles. The molecule has 1 atom stereocenters. The van der Waals surface area contributed by atoms with E-state index in [9.17, 15) is 14.7 Å². The Balaban J connectivity index is 1.23. The third-order valence-corrected chi connectivity index (χ3v) is 9.47. The fourth-order valence-corrected chi connectivity index (χ4v) is 7.15. The third kappa shape index (κ3) is 4.84. The number of aromatic nitrogens is 2. The Labute approximate surface area is 254 Å². The largest absolute Gasteiger partial charge is 0.503 e. The number of nitrogens with zero attached hydrogens (tertiary/aromatic N) is 3. The van der Waals surface area contributed by atoms with Crippen LogP contribution in [-0.4, -0.2) is 34.1 Å². The number of benzene rings is 4. The van der Waals surface area contributed by atoms with Gasteiger partial charge in [0.15, 0.2) is 15.9 Å². The van der Waals surface area contributed by atoms with Gasteiger partial charge in [-0.05, 0) is 46.2 Å². The van der Waals surface area contributed by atoms with Crippen LogP contribution >= 0.6 is 23.1 Å². The van der Waals surface area contributed by atoms with Crippen LogP contribution in [0, 0.1) is 0 Å². The molecule has 1 amide bonds. The van der Waals surface area contributed by atoms with Crippen LogP contribution in [0.2, 0.25) is 0 Å². The summed E-state index contributed by atoms with van der Waals surface area (Å²) in [6.45, 7) is 0. The Morgan fingerprint density at radius 1 is 0.977 bits per heavy atom. The Kier molecular flexibility index (Phi) is 6.92. The van der Waals surface area contributed by atoms with E-state index in [1.54, 1.807) is 43.5 Å². The maximum atomic E-state index is 13.9. The summed E-state index contributed by atoms with van der Waals surface area (Å²) in [4.78, 5) is 28.8. The van der Waals surface area contributed by atoms with Gasteiger partial charge in [0.1, 0.15) is 11.3 Å². The highest BCUT2D eigenvalue weighted by Gasteiger charge is 2.46. The molecule has 8 nitrogen and oxygen atoms in total. The van der Waals surface area contributed by atoms with Gasteiger partial charge in [-0.2, -0.15) is 0 Å². The first kappa shape index (κ1) is 26.9. The summed E-state index contributed by atoms with van der Waals surface area (Å²) in [5.41, 5.74) is 2.20. The van der Waals surface area contributed by atoms with E-state index in [0.717, 1.165) is 16.3 Å². The standard InChI is InChI=1S/C33H23N3O5S2/c1-40-23-15-13-20(14-16-23)28-27(29(37)26-17-21-8-3-5-12-25(21)41-26)30(38)31(39)36(28)32-34-35-33(43-32)42-18-22-10-6-9-19-7-2-4-11-24(19)22/h2-17,28,38H,18H2,1H3. The van der Waals surface area contributed by atoms with Crippen LogP contribution in [0.4, 0.5) is 5.13 Å². The minimum atomic E-state index is -0.956. The van der Waals surface area contributed by atoms with Gasteiger partial charge >= 0.3 is 0 Å². The van der Waals surface area contributed by atoms with Gasteiger partial charge < -0.3 is 14.3 Å². The highest BCUT2D eigenvalue weighted by atomic mass is 32.2. The highest BCUT2D eigenvalue weighted by molar-refractivity contribution is 8.00. The average molecular weight is 606 g/mol. The van der Waals surface area contributed by atoms with E-state index < -0.39 is 23.5 Å². The van der Waals surface area contributed by atoms with Crippen molar-refractivity contribution in [3.8, 4) is 5.75 Å². The van der Waals surface area contributed by atoms with Gasteiger partial charge in [-0.1, -0.05) is 95.9 Å². The average Bonchev–Trinajstić information content (AvgIpc) is 3.76. The molecule has 4 aromatic carbocycles. The lowest BCUT2D eigenvalue weighted by Gasteiger charge is -2.24. The summed E-state index contributed by atoms with van der Waals surface area (Å²) in [5.74, 6) is -0.667. The molecule has 43 heavy (non-hydrogen) atoms. The lowest BCUT2D eigenvalue weighted by Crippen LogP contribution is -2.31. The Morgan fingerprint density at radius 2 is 1.72 bits per heavy atom. The maximum Gasteiger partial charge on any atom is 0.296 e. The van der Waals surface area contributed by atoms with Crippen molar-refractivity contribution in [3.63, 3.8) is 0 Å². The fraction of sp³-hybridized carbons (Fsp3) is 0.0909. The molecular weight excluding hydrogens is 583 g/mol. The van der Waals surface area contributed by atoms with Gasteiger partial charge in [0, 0.05) is 11.1 Å². The Hall–Kier alpha value is -4.93. The van der Waals surface area contributed by atoms with Crippen LogP contribution in [0.1, 0.15) is 27.7 Å². The van der Waals surface area contributed by atoms with Crippen molar-refractivity contribution in [2.24, 2.45) is 0 Å². The van der Waals surface area contributed by atoms with Gasteiger partial charge in [0.25, 0.3) is 5.91 Å². The number of amides is 1. The van der Waals surface area contributed by atoms with Gasteiger partial charge in [-0.25, -0.2) is 0 Å². The second-order valence-electron chi connectivity index (χ2n) is 9.87. The van der Waals surface area contributed by atoms with E-state index >= 15 is 0 Å². The molecule has 6 aromatic rings. The number of methoxy groups -OCH3 is 1. The molecule has 0 fully saturated rings. The van der Waals surface area contributed by atoms with Crippen molar-refractivity contribution < 1.29 is 23.8 Å². The van der Waals surface area contributed by atoms with Crippen LogP contribution in [-0.2, 0) is 10.5 Å². The molecule has 1 N–H and O–H groups in total. The monoisotopic (exact) mass is 605 g/mol. The SMILES string of the molecule is COc1ccc(C2C(C(=O)c3cc4ccccc4o3)=C(O)C(=O)N2c2nnc(SCc3cccc4ccccc34)s2)cc1. The molecule has 0 radical (unpaired) electrons. The number of ketones is 1. The number of hydrogen-bond donors (Lipinski definition) is 1. The van der Waals surface area contributed by atoms with Crippen LogP contribution in [0.3, 0.4) is 0 Å². The highest BCUT2D eigenvalue weighted by Crippen LogP contribution is 2.44. The zero-order valence-corrected chi connectivity index (χ0v) is 24.4. The number of thioether (sulfide) groups is 1. The molecule has 1 unspecified atom stereocenters. The van der Waals surface area contributed by atoms with Gasteiger partial charge in [-0.15, -0.1) is 10.2 Å². The summed E-state index contributed by atoms with van der Waals surface area (Å²) in [7, 11) is 1.56. The van der Waals surface area contributed by atoms with E-state index in [-0.39, 0.29) is 16.5 Å². The first-order valence-corrected chi connectivity index (χ1v) is 15.2. The number of aliphatic hydroxyl groups is 1. The van der Waals surface area contributed by atoms with Crippen molar-refractivity contribution in [3.05, 3.63) is 125 Å². The van der Waals surface area contributed by atoms with Crippen LogP contribution < -0.4 is 9.64 Å². The van der Waals surface area contributed by atoms with Crippen molar-refractivity contribution in [1.82, 2.24) is 10.2 Å². The first-order chi connectivity index (χ1) is 21.0. The molecule has 0 saturated carbocycles. The zero-order valence-electron chi connectivity index (χ0n) is 22.8. The lowest BCUT2D eigenvalue weighted by molar-refractivity contribution is -0.117.